The molecular weight excluding hydrogens is 267 g/mol. The maximum absolute atomic E-state index is 13.2. The number of halogens is 1. The quantitative estimate of drug-likeness (QED) is 0.887. The minimum Gasteiger partial charge on any atom is -0.382 e. The molecule has 0 saturated heterocycles. The Hall–Kier alpha value is -2.36. The van der Waals surface area contributed by atoms with Gasteiger partial charge in [0.15, 0.2) is 0 Å². The maximum atomic E-state index is 13.2. The van der Waals surface area contributed by atoms with E-state index in [1.54, 1.807) is 12.1 Å². The third kappa shape index (κ3) is 2.89. The zero-order valence-corrected chi connectivity index (χ0v) is 11.8. The topological polar surface area (TPSA) is 41.1 Å². The van der Waals surface area contributed by atoms with Gasteiger partial charge < -0.3 is 10.6 Å². The van der Waals surface area contributed by atoms with Crippen LogP contribution in [0.5, 0.6) is 0 Å². The third-order valence-corrected chi connectivity index (χ3v) is 3.87. The van der Waals surface area contributed by atoms with Crippen molar-refractivity contribution in [1.29, 1.82) is 0 Å². The number of benzene rings is 2. The highest BCUT2D eigenvalue weighted by Gasteiger charge is 2.30. The van der Waals surface area contributed by atoms with E-state index in [2.05, 4.69) is 10.6 Å². The summed E-state index contributed by atoms with van der Waals surface area (Å²) in [5, 5.41) is 6.15. The summed E-state index contributed by atoms with van der Waals surface area (Å²) in [6, 6.07) is 14.0. The van der Waals surface area contributed by atoms with Gasteiger partial charge in [0.05, 0.1) is 5.92 Å². The van der Waals surface area contributed by atoms with Crippen LogP contribution in [0, 0.1) is 11.7 Å². The van der Waals surface area contributed by atoms with Crippen molar-refractivity contribution in [3.05, 3.63) is 59.9 Å². The smallest absolute Gasteiger partial charge is 0.229 e. The second-order valence-electron chi connectivity index (χ2n) is 5.40. The lowest BCUT2D eigenvalue weighted by molar-refractivity contribution is -0.120. The first-order valence-corrected chi connectivity index (χ1v) is 7.04. The number of fused-ring (bicyclic) bond motifs is 1. The van der Waals surface area contributed by atoms with E-state index in [0.29, 0.717) is 12.1 Å². The van der Waals surface area contributed by atoms with E-state index >= 15 is 0 Å². The van der Waals surface area contributed by atoms with Crippen LogP contribution in [-0.4, -0.2) is 11.9 Å². The molecular formula is C17H17FN2O. The van der Waals surface area contributed by atoms with Crippen molar-refractivity contribution in [2.75, 3.05) is 10.6 Å². The number of amides is 1. The average Bonchev–Trinajstić information content (AvgIpc) is 2.46. The van der Waals surface area contributed by atoms with Gasteiger partial charge in [-0.1, -0.05) is 24.3 Å². The minimum atomic E-state index is -0.354. The van der Waals surface area contributed by atoms with Gasteiger partial charge in [-0.15, -0.1) is 0 Å². The van der Waals surface area contributed by atoms with Crippen LogP contribution in [0.4, 0.5) is 15.8 Å². The van der Waals surface area contributed by atoms with Crippen molar-refractivity contribution in [3.8, 4) is 0 Å². The van der Waals surface area contributed by atoms with Gasteiger partial charge in [-0.2, -0.15) is 0 Å². The molecule has 1 amide bonds. The Morgan fingerprint density at radius 1 is 1.24 bits per heavy atom. The summed E-state index contributed by atoms with van der Waals surface area (Å²) >= 11 is 0. The van der Waals surface area contributed by atoms with E-state index < -0.39 is 0 Å². The van der Waals surface area contributed by atoms with E-state index in [9.17, 15) is 9.18 Å². The van der Waals surface area contributed by atoms with E-state index in [1.165, 1.54) is 12.1 Å². The number of para-hydroxylation sites is 1. The molecule has 21 heavy (non-hydrogen) atoms. The predicted octanol–water partition coefficient (Wildman–Crippen LogP) is 3.44. The number of carbonyl (C=O) groups excluding carboxylic acids is 1. The van der Waals surface area contributed by atoms with E-state index in [1.807, 2.05) is 31.2 Å². The molecule has 2 aromatic carbocycles. The normalized spacial score (nSPS) is 20.3. The second-order valence-corrected chi connectivity index (χ2v) is 5.40. The molecule has 1 aliphatic heterocycles. The van der Waals surface area contributed by atoms with Gasteiger partial charge in [-0.3, -0.25) is 4.79 Å². The Morgan fingerprint density at radius 2 is 2.05 bits per heavy atom. The van der Waals surface area contributed by atoms with E-state index in [4.69, 9.17) is 0 Å². The predicted molar refractivity (Wildman–Crippen MR) is 81.8 cm³/mol. The average molecular weight is 284 g/mol. The van der Waals surface area contributed by atoms with Gasteiger partial charge >= 0.3 is 0 Å². The monoisotopic (exact) mass is 284 g/mol. The molecule has 0 radical (unpaired) electrons. The fraction of sp³-hybridized carbons (Fsp3) is 0.235. The van der Waals surface area contributed by atoms with Gasteiger partial charge in [-0.25, -0.2) is 4.39 Å². The molecule has 0 aromatic heterocycles. The number of carbonyl (C=O) groups is 1. The maximum Gasteiger partial charge on any atom is 0.229 e. The molecule has 2 aromatic rings. The molecule has 4 heteroatoms. The third-order valence-electron chi connectivity index (χ3n) is 3.87. The number of nitrogens with one attached hydrogen (secondary N) is 2. The molecule has 0 aliphatic carbocycles. The summed E-state index contributed by atoms with van der Waals surface area (Å²) < 4.78 is 13.2. The van der Waals surface area contributed by atoms with Gasteiger partial charge in [0.1, 0.15) is 5.82 Å². The minimum absolute atomic E-state index is 0.0356. The molecule has 2 atom stereocenters. The Bertz CT molecular complexity index is 671. The first-order valence-electron chi connectivity index (χ1n) is 7.04. The molecule has 108 valence electrons. The van der Waals surface area contributed by atoms with Gasteiger partial charge in [-0.05, 0) is 43.2 Å². The van der Waals surface area contributed by atoms with Gasteiger partial charge in [0.2, 0.25) is 5.91 Å². The summed E-state index contributed by atoms with van der Waals surface area (Å²) in [5.41, 5.74) is 2.71. The van der Waals surface area contributed by atoms with Crippen LogP contribution in [0.1, 0.15) is 12.5 Å². The van der Waals surface area contributed by atoms with Crippen LogP contribution in [0.3, 0.4) is 0 Å². The molecule has 0 spiro atoms. The summed E-state index contributed by atoms with van der Waals surface area (Å²) in [6.07, 6.45) is 0.686. The summed E-state index contributed by atoms with van der Waals surface area (Å²) in [4.78, 5) is 12.4. The standard InChI is InChI=1S/C17H17FN2O/c1-11-15(9-12-5-2-3-8-16(12)19-11)17(21)20-14-7-4-6-13(18)10-14/h2-8,10-11,15,19H,9H2,1H3,(H,20,21). The fourth-order valence-corrected chi connectivity index (χ4v) is 2.72. The fourth-order valence-electron chi connectivity index (χ4n) is 2.72. The molecule has 2 N–H and O–H groups in total. The van der Waals surface area contributed by atoms with Crippen LogP contribution in [-0.2, 0) is 11.2 Å². The Morgan fingerprint density at radius 3 is 2.86 bits per heavy atom. The highest BCUT2D eigenvalue weighted by molar-refractivity contribution is 5.94. The zero-order valence-electron chi connectivity index (χ0n) is 11.8. The number of rotatable bonds is 2. The van der Waals surface area contributed by atoms with Gasteiger partial charge in [0, 0.05) is 17.4 Å². The molecule has 1 aliphatic rings. The molecule has 3 rings (SSSR count). The van der Waals surface area contributed by atoms with Crippen LogP contribution in [0.25, 0.3) is 0 Å². The van der Waals surface area contributed by atoms with Crippen LogP contribution in [0.15, 0.2) is 48.5 Å². The van der Waals surface area contributed by atoms with Crippen LogP contribution in [0.2, 0.25) is 0 Å². The molecule has 0 saturated carbocycles. The molecule has 3 nitrogen and oxygen atoms in total. The van der Waals surface area contributed by atoms with Crippen molar-refractivity contribution >= 4 is 17.3 Å². The first kappa shape index (κ1) is 13.6. The van der Waals surface area contributed by atoms with Crippen molar-refractivity contribution in [2.24, 2.45) is 5.92 Å². The number of hydrogen-bond acceptors (Lipinski definition) is 2. The molecule has 0 fully saturated rings. The van der Waals surface area contributed by atoms with E-state index in [0.717, 1.165) is 11.3 Å². The number of hydrogen-bond donors (Lipinski definition) is 2. The lowest BCUT2D eigenvalue weighted by atomic mass is 9.87. The largest absolute Gasteiger partial charge is 0.382 e. The van der Waals surface area contributed by atoms with E-state index in [-0.39, 0.29) is 23.7 Å². The highest BCUT2D eigenvalue weighted by atomic mass is 19.1. The Kier molecular flexibility index (Phi) is 3.60. The van der Waals surface area contributed by atoms with Crippen LogP contribution >= 0.6 is 0 Å². The lowest BCUT2D eigenvalue weighted by Crippen LogP contribution is -2.40. The summed E-state index contributed by atoms with van der Waals surface area (Å²) in [5.74, 6) is -0.619. The lowest BCUT2D eigenvalue weighted by Gasteiger charge is -2.31. The van der Waals surface area contributed by atoms with Gasteiger partial charge in [0.25, 0.3) is 0 Å². The van der Waals surface area contributed by atoms with Crippen LogP contribution < -0.4 is 10.6 Å². The van der Waals surface area contributed by atoms with Crippen molar-refractivity contribution in [2.45, 2.75) is 19.4 Å². The molecule has 2 unspecified atom stereocenters. The number of anilines is 2. The summed E-state index contributed by atoms with van der Waals surface area (Å²) in [6.45, 7) is 1.99. The van der Waals surface area contributed by atoms with Crippen molar-refractivity contribution in [3.63, 3.8) is 0 Å². The highest BCUT2D eigenvalue weighted by Crippen LogP contribution is 2.29. The van der Waals surface area contributed by atoms with Crippen molar-refractivity contribution < 1.29 is 9.18 Å². The van der Waals surface area contributed by atoms with Crippen molar-refractivity contribution in [1.82, 2.24) is 0 Å². The summed E-state index contributed by atoms with van der Waals surface area (Å²) in [7, 11) is 0. The Balaban J connectivity index is 1.76. The Labute approximate surface area is 123 Å². The second kappa shape index (κ2) is 5.56. The zero-order chi connectivity index (χ0) is 14.8. The molecule has 1 heterocycles. The SMILES string of the molecule is CC1Nc2ccccc2CC1C(=O)Nc1cccc(F)c1. The molecule has 0 bridgehead atoms. The first-order chi connectivity index (χ1) is 10.1.